The summed E-state index contributed by atoms with van der Waals surface area (Å²) >= 11 is 0. The van der Waals surface area contributed by atoms with Crippen molar-refractivity contribution in [3.8, 4) is 11.8 Å². The molecule has 0 saturated heterocycles. The van der Waals surface area contributed by atoms with Crippen LogP contribution in [0.3, 0.4) is 0 Å². The Labute approximate surface area is 126 Å². The Bertz CT molecular complexity index is 970. The van der Waals surface area contributed by atoms with Crippen molar-refractivity contribution in [1.29, 1.82) is 0 Å². The number of ether oxygens (including phenoxy) is 1. The number of benzene rings is 2. The lowest BCUT2D eigenvalue weighted by molar-refractivity contribution is 0.450. The number of fused-ring (bicyclic) bond motifs is 3. The maximum atomic E-state index is 13.9. The highest BCUT2D eigenvalue weighted by molar-refractivity contribution is 6.09. The van der Waals surface area contributed by atoms with E-state index in [2.05, 4.69) is 9.97 Å². The maximum absolute atomic E-state index is 13.9. The Morgan fingerprint density at radius 1 is 0.682 bits per heavy atom. The van der Waals surface area contributed by atoms with E-state index in [1.165, 1.54) is 6.07 Å². The number of pyridine rings is 2. The van der Waals surface area contributed by atoms with Crippen LogP contribution in [0.25, 0.3) is 21.5 Å². The van der Waals surface area contributed by atoms with E-state index >= 15 is 0 Å². The lowest BCUT2D eigenvalue weighted by Crippen LogP contribution is -1.92. The van der Waals surface area contributed by atoms with Gasteiger partial charge < -0.3 is 4.74 Å². The summed E-state index contributed by atoms with van der Waals surface area (Å²) in [5.41, 5.74) is 0. The van der Waals surface area contributed by atoms with Crippen LogP contribution in [0, 0.1) is 5.82 Å². The number of rotatable bonds is 2. The summed E-state index contributed by atoms with van der Waals surface area (Å²) in [6.07, 6.45) is 3.32. The van der Waals surface area contributed by atoms with Crippen LogP contribution < -0.4 is 4.74 Å². The minimum absolute atomic E-state index is 0.233. The van der Waals surface area contributed by atoms with Crippen molar-refractivity contribution >= 4 is 21.5 Å². The molecule has 2 aromatic carbocycles. The topological polar surface area (TPSA) is 35.0 Å². The first kappa shape index (κ1) is 12.7. The molecule has 0 spiro atoms. The Kier molecular flexibility index (Phi) is 2.93. The average Bonchev–Trinajstić information content (AvgIpc) is 2.56. The molecule has 2 heterocycles. The van der Waals surface area contributed by atoms with E-state index in [0.29, 0.717) is 17.1 Å². The van der Waals surface area contributed by atoms with E-state index in [0.717, 1.165) is 16.2 Å². The summed E-state index contributed by atoms with van der Waals surface area (Å²) in [6, 6.07) is 15.9. The Balaban J connectivity index is 1.94. The molecule has 0 atom stereocenters. The van der Waals surface area contributed by atoms with E-state index in [9.17, 15) is 4.39 Å². The van der Waals surface area contributed by atoms with Gasteiger partial charge in [-0.1, -0.05) is 24.3 Å². The van der Waals surface area contributed by atoms with Gasteiger partial charge in [0, 0.05) is 29.2 Å². The second-order valence-electron chi connectivity index (χ2n) is 4.88. The van der Waals surface area contributed by atoms with Crippen LogP contribution in [-0.2, 0) is 0 Å². The fraction of sp³-hybridized carbons (Fsp3) is 0. The predicted octanol–water partition coefficient (Wildman–Crippen LogP) is 4.71. The van der Waals surface area contributed by atoms with Gasteiger partial charge >= 0.3 is 0 Å². The van der Waals surface area contributed by atoms with Gasteiger partial charge in [0.15, 0.2) is 0 Å². The highest BCUT2D eigenvalue weighted by Crippen LogP contribution is 2.32. The standard InChI is InChI=1S/C18H11FN2O/c19-16-5-3-4-12-13-9-11-21-18(15(13)8-7-14(12)16)22-17-6-1-2-10-20-17/h1-11H. The fourth-order valence-electron chi connectivity index (χ4n) is 2.55. The molecule has 0 amide bonds. The number of halogens is 1. The van der Waals surface area contributed by atoms with Crippen LogP contribution >= 0.6 is 0 Å². The largest absolute Gasteiger partial charge is 0.420 e. The molecule has 0 unspecified atom stereocenters. The molecule has 22 heavy (non-hydrogen) atoms. The smallest absolute Gasteiger partial charge is 0.229 e. The molecule has 0 fully saturated rings. The fourth-order valence-corrected chi connectivity index (χ4v) is 2.55. The minimum atomic E-state index is -0.233. The minimum Gasteiger partial charge on any atom is -0.420 e. The molecule has 4 heteroatoms. The molecule has 0 N–H and O–H groups in total. The van der Waals surface area contributed by atoms with E-state index in [1.54, 1.807) is 30.6 Å². The summed E-state index contributed by atoms with van der Waals surface area (Å²) in [4.78, 5) is 8.41. The molecule has 0 aliphatic rings. The molecule has 0 aliphatic carbocycles. The van der Waals surface area contributed by atoms with Gasteiger partial charge in [-0.15, -0.1) is 0 Å². The molecule has 2 aromatic heterocycles. The maximum Gasteiger partial charge on any atom is 0.229 e. The molecule has 0 saturated carbocycles. The normalized spacial score (nSPS) is 11.0. The first-order valence-corrected chi connectivity index (χ1v) is 6.88. The van der Waals surface area contributed by atoms with Gasteiger partial charge in [-0.2, -0.15) is 0 Å². The predicted molar refractivity (Wildman–Crippen MR) is 83.5 cm³/mol. The van der Waals surface area contributed by atoms with Crippen molar-refractivity contribution < 1.29 is 9.13 Å². The van der Waals surface area contributed by atoms with Crippen molar-refractivity contribution in [2.24, 2.45) is 0 Å². The van der Waals surface area contributed by atoms with Crippen LogP contribution in [0.1, 0.15) is 0 Å². The van der Waals surface area contributed by atoms with Gasteiger partial charge in [-0.05, 0) is 35.0 Å². The number of hydrogen-bond acceptors (Lipinski definition) is 3. The zero-order valence-electron chi connectivity index (χ0n) is 11.5. The quantitative estimate of drug-likeness (QED) is 0.501. The van der Waals surface area contributed by atoms with E-state index in [4.69, 9.17) is 4.74 Å². The molecule has 0 aliphatic heterocycles. The molecule has 3 nitrogen and oxygen atoms in total. The highest BCUT2D eigenvalue weighted by Gasteiger charge is 2.10. The molecular weight excluding hydrogens is 279 g/mol. The Morgan fingerprint density at radius 3 is 2.41 bits per heavy atom. The van der Waals surface area contributed by atoms with Crippen LogP contribution in [0.15, 0.2) is 67.0 Å². The highest BCUT2D eigenvalue weighted by atomic mass is 19.1. The van der Waals surface area contributed by atoms with Gasteiger partial charge in [0.2, 0.25) is 11.8 Å². The number of aromatic nitrogens is 2. The van der Waals surface area contributed by atoms with E-state index < -0.39 is 0 Å². The third kappa shape index (κ3) is 2.05. The van der Waals surface area contributed by atoms with Gasteiger partial charge in [0.05, 0.1) is 0 Å². The second-order valence-corrected chi connectivity index (χ2v) is 4.88. The van der Waals surface area contributed by atoms with Gasteiger partial charge in [0.25, 0.3) is 0 Å². The third-order valence-corrected chi connectivity index (χ3v) is 3.55. The van der Waals surface area contributed by atoms with Gasteiger partial charge in [-0.25, -0.2) is 14.4 Å². The first-order valence-electron chi connectivity index (χ1n) is 6.88. The Hall–Kier alpha value is -3.01. The molecule has 106 valence electrons. The zero-order valence-corrected chi connectivity index (χ0v) is 11.5. The first-order chi connectivity index (χ1) is 10.8. The lowest BCUT2D eigenvalue weighted by Gasteiger charge is -2.09. The summed E-state index contributed by atoms with van der Waals surface area (Å²) in [5.74, 6) is 0.701. The van der Waals surface area contributed by atoms with E-state index in [-0.39, 0.29) is 5.82 Å². The van der Waals surface area contributed by atoms with Crippen molar-refractivity contribution in [1.82, 2.24) is 9.97 Å². The zero-order chi connectivity index (χ0) is 14.9. The monoisotopic (exact) mass is 290 g/mol. The number of hydrogen-bond donors (Lipinski definition) is 0. The summed E-state index contributed by atoms with van der Waals surface area (Å²) in [6.45, 7) is 0. The van der Waals surface area contributed by atoms with Crippen molar-refractivity contribution in [3.63, 3.8) is 0 Å². The molecule has 0 radical (unpaired) electrons. The van der Waals surface area contributed by atoms with Crippen molar-refractivity contribution in [3.05, 3.63) is 72.8 Å². The van der Waals surface area contributed by atoms with E-state index in [1.807, 2.05) is 30.3 Å². The van der Waals surface area contributed by atoms with Crippen LogP contribution in [0.5, 0.6) is 11.8 Å². The van der Waals surface area contributed by atoms with Crippen LogP contribution in [-0.4, -0.2) is 9.97 Å². The van der Waals surface area contributed by atoms with Gasteiger partial charge in [0.1, 0.15) is 5.82 Å². The second kappa shape index (κ2) is 5.07. The summed E-state index contributed by atoms with van der Waals surface area (Å²) < 4.78 is 19.7. The molecule has 4 aromatic rings. The average molecular weight is 290 g/mol. The third-order valence-electron chi connectivity index (χ3n) is 3.55. The molecule has 0 bridgehead atoms. The van der Waals surface area contributed by atoms with Crippen molar-refractivity contribution in [2.45, 2.75) is 0 Å². The van der Waals surface area contributed by atoms with Crippen molar-refractivity contribution in [2.75, 3.05) is 0 Å². The van der Waals surface area contributed by atoms with Crippen LogP contribution in [0.2, 0.25) is 0 Å². The van der Waals surface area contributed by atoms with Crippen LogP contribution in [0.4, 0.5) is 4.39 Å². The molecule has 4 rings (SSSR count). The summed E-state index contributed by atoms with van der Waals surface area (Å²) in [7, 11) is 0. The van der Waals surface area contributed by atoms with Gasteiger partial charge in [-0.3, -0.25) is 0 Å². The summed E-state index contributed by atoms with van der Waals surface area (Å²) in [5, 5.41) is 3.15. The SMILES string of the molecule is Fc1cccc2c1ccc1c(Oc3ccccn3)nccc12. The molecular formula is C18H11FN2O. The Morgan fingerprint density at radius 2 is 1.55 bits per heavy atom. The lowest BCUT2D eigenvalue weighted by atomic mass is 10.0. The number of nitrogens with zero attached hydrogens (tertiary/aromatic N) is 2.